The molecule has 2 amide bonds. The molecule has 3 aromatic rings. The van der Waals surface area contributed by atoms with E-state index in [2.05, 4.69) is 25.6 Å². The zero-order valence-electron chi connectivity index (χ0n) is 17.4. The lowest BCUT2D eigenvalue weighted by atomic mass is 10.1. The first-order valence-electron chi connectivity index (χ1n) is 10.0. The molecular weight excluding hydrogens is 419 g/mol. The summed E-state index contributed by atoms with van der Waals surface area (Å²) < 4.78 is 14.2. The molecule has 0 aromatic carbocycles. The molecule has 0 bridgehead atoms. The van der Waals surface area contributed by atoms with E-state index in [1.165, 1.54) is 17.4 Å². The Morgan fingerprint density at radius 2 is 2.00 bits per heavy atom. The summed E-state index contributed by atoms with van der Waals surface area (Å²) >= 11 is 1.41. The Kier molecular flexibility index (Phi) is 5.81. The SMILES string of the molecule is CC(C)C(=O)NC1CN(C(=O)c2nc(NC(C)c3cncc(F)c3)nc3ccsc23)C1. The molecule has 0 radical (unpaired) electrons. The van der Waals surface area contributed by atoms with Gasteiger partial charge in [0, 0.05) is 25.2 Å². The molecule has 8 nitrogen and oxygen atoms in total. The van der Waals surface area contributed by atoms with Crippen molar-refractivity contribution in [2.24, 2.45) is 5.92 Å². The average Bonchev–Trinajstić information content (AvgIpc) is 3.17. The lowest BCUT2D eigenvalue weighted by molar-refractivity contribution is -0.125. The first kappa shape index (κ1) is 21.1. The molecule has 3 aromatic heterocycles. The molecule has 4 heterocycles. The number of nitrogens with zero attached hydrogens (tertiary/aromatic N) is 4. The van der Waals surface area contributed by atoms with Gasteiger partial charge >= 0.3 is 0 Å². The lowest BCUT2D eigenvalue weighted by Gasteiger charge is -2.39. The summed E-state index contributed by atoms with van der Waals surface area (Å²) in [6.45, 7) is 6.41. The highest BCUT2D eigenvalue weighted by atomic mass is 32.1. The first-order valence-corrected chi connectivity index (χ1v) is 10.9. The smallest absolute Gasteiger partial charge is 0.274 e. The molecule has 1 unspecified atom stereocenters. The predicted octanol–water partition coefficient (Wildman–Crippen LogP) is 3.00. The molecule has 10 heteroatoms. The molecule has 1 saturated heterocycles. The summed E-state index contributed by atoms with van der Waals surface area (Å²) in [5.74, 6) is -0.453. The van der Waals surface area contributed by atoms with Gasteiger partial charge < -0.3 is 15.5 Å². The molecule has 1 aliphatic heterocycles. The predicted molar refractivity (Wildman–Crippen MR) is 116 cm³/mol. The monoisotopic (exact) mass is 442 g/mol. The van der Waals surface area contributed by atoms with Crippen LogP contribution in [0.25, 0.3) is 10.2 Å². The molecule has 1 aliphatic rings. The summed E-state index contributed by atoms with van der Waals surface area (Å²) in [5, 5.41) is 7.93. The number of carbonyl (C=O) groups is 2. The summed E-state index contributed by atoms with van der Waals surface area (Å²) in [5.41, 5.74) is 1.63. The minimum Gasteiger partial charge on any atom is -0.350 e. The topological polar surface area (TPSA) is 100 Å². The molecule has 0 aliphatic carbocycles. The van der Waals surface area contributed by atoms with E-state index >= 15 is 0 Å². The van der Waals surface area contributed by atoms with Crippen molar-refractivity contribution >= 4 is 39.3 Å². The van der Waals surface area contributed by atoms with Crippen molar-refractivity contribution in [2.45, 2.75) is 32.9 Å². The third-order valence-corrected chi connectivity index (χ3v) is 6.03. The Labute approximate surface area is 182 Å². The fraction of sp³-hybridized carbons (Fsp3) is 0.381. The van der Waals surface area contributed by atoms with E-state index in [0.29, 0.717) is 34.6 Å². The molecule has 31 heavy (non-hydrogen) atoms. The van der Waals surface area contributed by atoms with Crippen LogP contribution in [0.1, 0.15) is 42.9 Å². The van der Waals surface area contributed by atoms with Crippen LogP contribution in [0.4, 0.5) is 10.3 Å². The van der Waals surface area contributed by atoms with Gasteiger partial charge in [-0.15, -0.1) is 11.3 Å². The number of likely N-dealkylation sites (tertiary alicyclic amines) is 1. The van der Waals surface area contributed by atoms with E-state index in [1.807, 2.05) is 32.2 Å². The summed E-state index contributed by atoms with van der Waals surface area (Å²) in [4.78, 5) is 39.4. The van der Waals surface area contributed by atoms with Crippen molar-refractivity contribution in [1.82, 2.24) is 25.2 Å². The number of carbonyl (C=O) groups excluding carboxylic acids is 2. The second kappa shape index (κ2) is 8.54. The van der Waals surface area contributed by atoms with Crippen LogP contribution in [0.2, 0.25) is 0 Å². The molecule has 0 spiro atoms. The number of amides is 2. The van der Waals surface area contributed by atoms with Crippen LogP contribution < -0.4 is 10.6 Å². The van der Waals surface area contributed by atoms with Gasteiger partial charge in [0.1, 0.15) is 5.82 Å². The van der Waals surface area contributed by atoms with Gasteiger partial charge in [-0.1, -0.05) is 13.8 Å². The van der Waals surface area contributed by atoms with Crippen LogP contribution in [0.3, 0.4) is 0 Å². The number of aromatic nitrogens is 3. The molecule has 4 rings (SSSR count). The van der Waals surface area contributed by atoms with Crippen molar-refractivity contribution in [3.05, 3.63) is 47.0 Å². The van der Waals surface area contributed by atoms with Crippen molar-refractivity contribution in [3.63, 3.8) is 0 Å². The molecule has 0 saturated carbocycles. The zero-order valence-corrected chi connectivity index (χ0v) is 18.2. The third kappa shape index (κ3) is 4.48. The van der Waals surface area contributed by atoms with Crippen LogP contribution in [0.15, 0.2) is 29.9 Å². The summed E-state index contributed by atoms with van der Waals surface area (Å²) in [6, 6.07) is 2.88. The highest BCUT2D eigenvalue weighted by Crippen LogP contribution is 2.27. The highest BCUT2D eigenvalue weighted by molar-refractivity contribution is 7.17. The molecule has 1 fully saturated rings. The highest BCUT2D eigenvalue weighted by Gasteiger charge is 2.34. The number of anilines is 1. The minimum atomic E-state index is -0.423. The summed E-state index contributed by atoms with van der Waals surface area (Å²) in [6.07, 6.45) is 2.71. The Morgan fingerprint density at radius 3 is 2.71 bits per heavy atom. The number of hydrogen-bond acceptors (Lipinski definition) is 7. The first-order chi connectivity index (χ1) is 14.8. The number of halogens is 1. The number of fused-ring (bicyclic) bond motifs is 1. The Bertz CT molecular complexity index is 1130. The standard InChI is InChI=1S/C21H23FN6O2S/c1-11(2)19(29)25-15-9-28(10-15)20(30)17-18-16(4-5-31-18)26-21(27-17)24-12(3)13-6-14(22)8-23-7-13/h4-8,11-12,15H,9-10H2,1-3H3,(H,25,29)(H,24,26,27). The Morgan fingerprint density at radius 1 is 1.23 bits per heavy atom. The van der Waals surface area contributed by atoms with E-state index in [0.717, 1.165) is 6.20 Å². The van der Waals surface area contributed by atoms with E-state index in [9.17, 15) is 14.0 Å². The minimum absolute atomic E-state index is 0.0212. The van der Waals surface area contributed by atoms with E-state index in [1.54, 1.807) is 11.1 Å². The second-order valence-electron chi connectivity index (χ2n) is 7.90. The molecule has 2 N–H and O–H groups in total. The number of thiophene rings is 1. The maximum Gasteiger partial charge on any atom is 0.274 e. The van der Waals surface area contributed by atoms with Crippen molar-refractivity contribution < 1.29 is 14.0 Å². The van der Waals surface area contributed by atoms with Gasteiger partial charge in [-0.3, -0.25) is 14.6 Å². The fourth-order valence-electron chi connectivity index (χ4n) is 3.27. The number of rotatable bonds is 6. The molecule has 162 valence electrons. The van der Waals surface area contributed by atoms with Crippen LogP contribution >= 0.6 is 11.3 Å². The van der Waals surface area contributed by atoms with Crippen LogP contribution in [-0.4, -0.2) is 50.8 Å². The van der Waals surface area contributed by atoms with E-state index in [-0.39, 0.29) is 35.8 Å². The van der Waals surface area contributed by atoms with Gasteiger partial charge in [0.15, 0.2) is 5.69 Å². The van der Waals surface area contributed by atoms with Crippen molar-refractivity contribution in [3.8, 4) is 0 Å². The lowest BCUT2D eigenvalue weighted by Crippen LogP contribution is -2.61. The van der Waals surface area contributed by atoms with Gasteiger partial charge in [0.25, 0.3) is 5.91 Å². The number of pyridine rings is 1. The van der Waals surface area contributed by atoms with Gasteiger partial charge in [-0.05, 0) is 30.0 Å². The maximum atomic E-state index is 13.5. The fourth-order valence-corrected chi connectivity index (χ4v) is 4.08. The van der Waals surface area contributed by atoms with Crippen LogP contribution in [0.5, 0.6) is 0 Å². The average molecular weight is 443 g/mol. The van der Waals surface area contributed by atoms with Crippen molar-refractivity contribution in [2.75, 3.05) is 18.4 Å². The second-order valence-corrected chi connectivity index (χ2v) is 8.82. The Hall–Kier alpha value is -3.14. The molecular formula is C21H23FN6O2S. The maximum absolute atomic E-state index is 13.5. The quantitative estimate of drug-likeness (QED) is 0.609. The Balaban J connectivity index is 1.51. The van der Waals surface area contributed by atoms with Gasteiger partial charge in [0.2, 0.25) is 11.9 Å². The van der Waals surface area contributed by atoms with Gasteiger partial charge in [-0.25, -0.2) is 14.4 Å². The number of hydrogen-bond donors (Lipinski definition) is 2. The number of nitrogens with one attached hydrogen (secondary N) is 2. The van der Waals surface area contributed by atoms with E-state index in [4.69, 9.17) is 0 Å². The van der Waals surface area contributed by atoms with Crippen molar-refractivity contribution in [1.29, 1.82) is 0 Å². The summed E-state index contributed by atoms with van der Waals surface area (Å²) in [7, 11) is 0. The molecule has 1 atom stereocenters. The normalized spacial score (nSPS) is 15.1. The van der Waals surface area contributed by atoms with E-state index < -0.39 is 5.82 Å². The van der Waals surface area contributed by atoms with Gasteiger partial charge in [0.05, 0.1) is 28.5 Å². The zero-order chi connectivity index (χ0) is 22.1. The largest absolute Gasteiger partial charge is 0.350 e. The van der Waals surface area contributed by atoms with Crippen LogP contribution in [-0.2, 0) is 4.79 Å². The third-order valence-electron chi connectivity index (χ3n) is 5.12. The van der Waals surface area contributed by atoms with Crippen LogP contribution in [0, 0.1) is 11.7 Å². The van der Waals surface area contributed by atoms with Gasteiger partial charge in [-0.2, -0.15) is 0 Å².